The topological polar surface area (TPSA) is 67.4 Å². The number of hydrogen-bond donors (Lipinski definition) is 2. The van der Waals surface area contributed by atoms with Gasteiger partial charge in [0.05, 0.1) is 11.1 Å². The maximum Gasteiger partial charge on any atom is 0.256 e. The van der Waals surface area contributed by atoms with Crippen molar-refractivity contribution in [1.29, 1.82) is 0 Å². The summed E-state index contributed by atoms with van der Waals surface area (Å²) in [6.07, 6.45) is 3.53. The van der Waals surface area contributed by atoms with E-state index >= 15 is 0 Å². The minimum atomic E-state index is -0.404. The molecule has 172 valence electrons. The van der Waals surface area contributed by atoms with Gasteiger partial charge in [0.15, 0.2) is 0 Å². The molecular formula is C23H25Cl2IN2O3S. The summed E-state index contributed by atoms with van der Waals surface area (Å²) in [5.74, 6) is 0.747. The van der Waals surface area contributed by atoms with E-state index in [0.717, 1.165) is 11.3 Å². The Balaban J connectivity index is 2.23. The maximum atomic E-state index is 13.1. The summed E-state index contributed by atoms with van der Waals surface area (Å²) in [7, 11) is 0. The largest absolute Gasteiger partial charge is 0.489 e. The minimum Gasteiger partial charge on any atom is -0.489 e. The molecule has 5 nitrogen and oxygen atoms in total. The van der Waals surface area contributed by atoms with Gasteiger partial charge in [-0.2, -0.15) is 11.8 Å². The Morgan fingerprint density at radius 1 is 1.19 bits per heavy atom. The fourth-order valence-electron chi connectivity index (χ4n) is 2.97. The van der Waals surface area contributed by atoms with Crippen LogP contribution in [0.1, 0.15) is 40.1 Å². The Bertz CT molecular complexity index is 1020. The fourth-order valence-corrected chi connectivity index (χ4v) is 4.63. The van der Waals surface area contributed by atoms with Crippen LogP contribution < -0.4 is 15.4 Å². The average molecular weight is 607 g/mol. The van der Waals surface area contributed by atoms with E-state index in [1.165, 1.54) is 6.08 Å². The zero-order chi connectivity index (χ0) is 23.9. The average Bonchev–Trinajstić information content (AvgIpc) is 2.68. The second-order valence-electron chi connectivity index (χ2n) is 7.67. The van der Waals surface area contributed by atoms with Crippen molar-refractivity contribution in [3.05, 3.63) is 67.2 Å². The highest BCUT2D eigenvalue weighted by Crippen LogP contribution is 2.24. The van der Waals surface area contributed by atoms with Crippen molar-refractivity contribution in [3.8, 4) is 5.75 Å². The Morgan fingerprint density at radius 3 is 2.53 bits per heavy atom. The first kappa shape index (κ1) is 26.8. The number of amides is 2. The number of ether oxygens (including phenoxy) is 1. The van der Waals surface area contributed by atoms with E-state index in [-0.39, 0.29) is 22.9 Å². The van der Waals surface area contributed by atoms with Gasteiger partial charge in [-0.3, -0.25) is 9.59 Å². The first-order valence-electron chi connectivity index (χ1n) is 9.70. The van der Waals surface area contributed by atoms with Gasteiger partial charge in [0.25, 0.3) is 11.8 Å². The van der Waals surface area contributed by atoms with Crippen molar-refractivity contribution in [1.82, 2.24) is 5.32 Å². The lowest BCUT2D eigenvalue weighted by molar-refractivity contribution is 0.0909. The van der Waals surface area contributed by atoms with E-state index in [1.54, 1.807) is 42.1 Å². The summed E-state index contributed by atoms with van der Waals surface area (Å²) in [5.41, 5.74) is 1.71. The number of halogens is 3. The Labute approximate surface area is 216 Å². The van der Waals surface area contributed by atoms with Crippen molar-refractivity contribution >= 4 is 75.1 Å². The number of benzene rings is 2. The number of anilines is 1. The van der Waals surface area contributed by atoms with E-state index < -0.39 is 5.54 Å². The maximum absolute atomic E-state index is 13.1. The first-order chi connectivity index (χ1) is 15.0. The van der Waals surface area contributed by atoms with Gasteiger partial charge in [0.1, 0.15) is 16.8 Å². The molecule has 0 spiro atoms. The molecule has 0 aliphatic rings. The van der Waals surface area contributed by atoms with Crippen LogP contribution >= 0.6 is 57.6 Å². The Kier molecular flexibility index (Phi) is 10.2. The number of thioether (sulfide) groups is 1. The van der Waals surface area contributed by atoms with Gasteiger partial charge >= 0.3 is 0 Å². The van der Waals surface area contributed by atoms with Crippen LogP contribution in [0.25, 0.3) is 0 Å². The van der Waals surface area contributed by atoms with Crippen molar-refractivity contribution in [2.75, 3.05) is 23.9 Å². The summed E-state index contributed by atoms with van der Waals surface area (Å²) in [4.78, 5) is 26.1. The number of carbonyl (C=O) groups excluding carboxylic acids is 2. The summed E-state index contributed by atoms with van der Waals surface area (Å²) < 4.78 is 6.41. The molecule has 2 amide bonds. The third-order valence-electron chi connectivity index (χ3n) is 4.38. The first-order valence-corrected chi connectivity index (χ1v) is 12.9. The van der Waals surface area contributed by atoms with Gasteiger partial charge in [-0.1, -0.05) is 29.3 Å². The third kappa shape index (κ3) is 7.86. The van der Waals surface area contributed by atoms with Crippen molar-refractivity contribution in [2.45, 2.75) is 26.3 Å². The lowest BCUT2D eigenvalue weighted by Gasteiger charge is -2.26. The quantitative estimate of drug-likeness (QED) is 0.323. The van der Waals surface area contributed by atoms with Crippen LogP contribution in [-0.4, -0.2) is 36.0 Å². The molecule has 0 aromatic heterocycles. The second kappa shape index (κ2) is 12.2. The van der Waals surface area contributed by atoms with Crippen LogP contribution in [0, 0.1) is 10.5 Å². The monoisotopic (exact) mass is 606 g/mol. The zero-order valence-electron chi connectivity index (χ0n) is 18.2. The molecule has 2 rings (SSSR count). The molecular weight excluding hydrogens is 582 g/mol. The van der Waals surface area contributed by atoms with Crippen LogP contribution in [0.3, 0.4) is 0 Å². The smallest absolute Gasteiger partial charge is 0.256 e. The number of carbonyl (C=O) groups is 2. The highest BCUT2D eigenvalue weighted by atomic mass is 127. The normalized spacial score (nSPS) is 11.0. The molecule has 0 aliphatic heterocycles. The Morgan fingerprint density at radius 2 is 1.91 bits per heavy atom. The predicted molar refractivity (Wildman–Crippen MR) is 144 cm³/mol. The van der Waals surface area contributed by atoms with Crippen LogP contribution in [-0.2, 0) is 0 Å². The van der Waals surface area contributed by atoms with Crippen LogP contribution in [0.15, 0.2) is 47.0 Å². The second-order valence-corrected chi connectivity index (χ2v) is 10.7. The van der Waals surface area contributed by atoms with Crippen LogP contribution in [0.5, 0.6) is 5.75 Å². The minimum absolute atomic E-state index is 0.139. The number of rotatable bonds is 9. The van der Waals surface area contributed by atoms with Crippen LogP contribution in [0.2, 0.25) is 0 Å². The standard InChI is InChI=1S/C23H25Cl2IN2O3S/c1-14-12-15(31-11-10-19(24)25)8-9-18(14)27-21(29)16-6-5-7-17(26)20(16)22(30)28-23(2,3)13-32-4/h5-10,12H,11,13H2,1-4H3,(H,27,29)(H,28,30). The number of hydrogen-bond acceptors (Lipinski definition) is 4. The highest BCUT2D eigenvalue weighted by Gasteiger charge is 2.26. The molecule has 0 fully saturated rings. The Hall–Kier alpha value is -1.42. The summed E-state index contributed by atoms with van der Waals surface area (Å²) in [5, 5.41) is 5.94. The molecule has 0 saturated heterocycles. The third-order valence-corrected chi connectivity index (χ3v) is 6.59. The molecule has 0 unspecified atom stereocenters. The SMILES string of the molecule is CSCC(C)(C)NC(=O)c1c(I)cccc1C(=O)Nc1ccc(OCC=C(Cl)Cl)cc1C. The molecule has 2 aromatic rings. The number of nitrogens with one attached hydrogen (secondary N) is 2. The molecule has 0 aliphatic carbocycles. The molecule has 0 atom stereocenters. The van der Waals surface area contributed by atoms with Gasteiger partial charge in [0.2, 0.25) is 0 Å². The van der Waals surface area contributed by atoms with Gasteiger partial charge < -0.3 is 15.4 Å². The molecule has 2 N–H and O–H groups in total. The van der Waals surface area contributed by atoms with E-state index in [1.807, 2.05) is 33.1 Å². The lowest BCUT2D eigenvalue weighted by Crippen LogP contribution is -2.46. The van der Waals surface area contributed by atoms with Gasteiger partial charge in [-0.05, 0) is 91.6 Å². The summed E-state index contributed by atoms with van der Waals surface area (Å²) in [6.45, 7) is 6.02. The van der Waals surface area contributed by atoms with Crippen molar-refractivity contribution in [2.24, 2.45) is 0 Å². The highest BCUT2D eigenvalue weighted by molar-refractivity contribution is 14.1. The molecule has 2 aromatic carbocycles. The molecule has 0 radical (unpaired) electrons. The van der Waals surface area contributed by atoms with Crippen molar-refractivity contribution in [3.63, 3.8) is 0 Å². The number of aryl methyl sites for hydroxylation is 1. The zero-order valence-corrected chi connectivity index (χ0v) is 22.7. The summed E-state index contributed by atoms with van der Waals surface area (Å²) in [6, 6.07) is 10.5. The molecule has 32 heavy (non-hydrogen) atoms. The fraction of sp³-hybridized carbons (Fsp3) is 0.304. The molecule has 0 saturated carbocycles. The van der Waals surface area contributed by atoms with E-state index in [0.29, 0.717) is 26.1 Å². The van der Waals surface area contributed by atoms with Crippen molar-refractivity contribution < 1.29 is 14.3 Å². The molecule has 0 heterocycles. The van der Waals surface area contributed by atoms with Gasteiger partial charge in [-0.15, -0.1) is 0 Å². The molecule has 0 bridgehead atoms. The summed E-state index contributed by atoms with van der Waals surface area (Å²) >= 11 is 14.9. The van der Waals surface area contributed by atoms with Gasteiger partial charge in [-0.25, -0.2) is 0 Å². The predicted octanol–water partition coefficient (Wildman–Crippen LogP) is 6.42. The van der Waals surface area contributed by atoms with E-state index in [2.05, 4.69) is 33.2 Å². The van der Waals surface area contributed by atoms with Crippen LogP contribution in [0.4, 0.5) is 5.69 Å². The molecule has 9 heteroatoms. The van der Waals surface area contributed by atoms with Gasteiger partial charge in [0, 0.05) is 20.5 Å². The lowest BCUT2D eigenvalue weighted by atomic mass is 10.0. The van der Waals surface area contributed by atoms with E-state index in [4.69, 9.17) is 27.9 Å². The van der Waals surface area contributed by atoms with E-state index in [9.17, 15) is 9.59 Å².